The van der Waals surface area contributed by atoms with E-state index >= 15 is 0 Å². The number of nitrogens with one attached hydrogen (secondary N) is 2. The van der Waals surface area contributed by atoms with E-state index in [1.165, 1.54) is 17.4 Å². The van der Waals surface area contributed by atoms with Crippen molar-refractivity contribution in [3.63, 3.8) is 0 Å². The number of carbonyl (C=O) groups is 2. The monoisotopic (exact) mass is 422 g/mol. The molecule has 0 radical (unpaired) electrons. The molecule has 9 heteroatoms. The van der Waals surface area contributed by atoms with Crippen LogP contribution in [0.2, 0.25) is 0 Å². The zero-order valence-electron chi connectivity index (χ0n) is 15.7. The molecule has 28 heavy (non-hydrogen) atoms. The van der Waals surface area contributed by atoms with Crippen molar-refractivity contribution in [2.75, 3.05) is 22.9 Å². The van der Waals surface area contributed by atoms with Crippen LogP contribution in [-0.2, 0) is 27.6 Å². The number of fused-ring (bicyclic) bond motifs is 1. The Morgan fingerprint density at radius 3 is 2.68 bits per heavy atom. The molecule has 0 aliphatic heterocycles. The largest absolute Gasteiger partial charge is 0.462 e. The van der Waals surface area contributed by atoms with Gasteiger partial charge in [0.05, 0.1) is 18.4 Å². The number of carbonyl (C=O) groups excluding carboxylic acids is 2. The first-order valence-corrected chi connectivity index (χ1v) is 11.7. The Kier molecular flexibility index (Phi) is 6.04. The molecule has 0 bridgehead atoms. The number of hydrogen-bond donors (Lipinski definition) is 2. The number of anilines is 2. The Balaban J connectivity index is 1.89. The van der Waals surface area contributed by atoms with Gasteiger partial charge in [0.25, 0.3) is 5.91 Å². The number of hydrogen-bond acceptors (Lipinski definition) is 6. The van der Waals surface area contributed by atoms with Gasteiger partial charge in [0.2, 0.25) is 10.0 Å². The Hall–Kier alpha value is -2.39. The molecule has 1 amide bonds. The quantitative estimate of drug-likeness (QED) is 0.695. The number of thiophene rings is 1. The number of benzene rings is 1. The molecule has 0 saturated heterocycles. The molecular weight excluding hydrogens is 400 g/mol. The van der Waals surface area contributed by atoms with Crippen molar-refractivity contribution >= 4 is 43.9 Å². The number of aryl methyl sites for hydroxylation is 1. The van der Waals surface area contributed by atoms with Crippen LogP contribution < -0.4 is 10.0 Å². The fraction of sp³-hybridized carbons (Fsp3) is 0.368. The molecule has 3 rings (SSSR count). The van der Waals surface area contributed by atoms with E-state index in [0.717, 1.165) is 42.4 Å². The highest BCUT2D eigenvalue weighted by atomic mass is 32.2. The molecule has 7 nitrogen and oxygen atoms in total. The van der Waals surface area contributed by atoms with Crippen LogP contribution in [0.25, 0.3) is 0 Å². The van der Waals surface area contributed by atoms with Gasteiger partial charge < -0.3 is 10.1 Å². The lowest BCUT2D eigenvalue weighted by Crippen LogP contribution is -2.16. The zero-order chi connectivity index (χ0) is 20.3. The van der Waals surface area contributed by atoms with E-state index in [2.05, 4.69) is 10.0 Å². The predicted octanol–water partition coefficient (Wildman–Crippen LogP) is 3.43. The molecule has 1 aliphatic carbocycles. The molecule has 0 fully saturated rings. The molecule has 1 heterocycles. The first kappa shape index (κ1) is 20.3. The highest BCUT2D eigenvalue weighted by Gasteiger charge is 2.27. The van der Waals surface area contributed by atoms with Crippen molar-refractivity contribution < 1.29 is 22.7 Å². The Morgan fingerprint density at radius 2 is 1.96 bits per heavy atom. The van der Waals surface area contributed by atoms with Gasteiger partial charge in [0.15, 0.2) is 0 Å². The van der Waals surface area contributed by atoms with Crippen LogP contribution in [0.15, 0.2) is 24.3 Å². The van der Waals surface area contributed by atoms with Crippen molar-refractivity contribution in [3.05, 3.63) is 45.8 Å². The van der Waals surface area contributed by atoms with Crippen LogP contribution >= 0.6 is 11.3 Å². The average Bonchev–Trinajstić information content (AvgIpc) is 2.98. The summed E-state index contributed by atoms with van der Waals surface area (Å²) in [4.78, 5) is 26.3. The summed E-state index contributed by atoms with van der Waals surface area (Å²) >= 11 is 1.41. The van der Waals surface area contributed by atoms with Crippen LogP contribution in [0.5, 0.6) is 0 Å². The molecule has 2 N–H and O–H groups in total. The zero-order valence-corrected chi connectivity index (χ0v) is 17.3. The van der Waals surface area contributed by atoms with E-state index in [9.17, 15) is 18.0 Å². The van der Waals surface area contributed by atoms with Crippen molar-refractivity contribution in [2.24, 2.45) is 0 Å². The molecule has 0 unspecified atom stereocenters. The van der Waals surface area contributed by atoms with Gasteiger partial charge in [0, 0.05) is 16.1 Å². The summed E-state index contributed by atoms with van der Waals surface area (Å²) in [7, 11) is -3.45. The third-order valence-electron chi connectivity index (χ3n) is 4.31. The topological polar surface area (TPSA) is 102 Å². The number of esters is 1. The van der Waals surface area contributed by atoms with E-state index < -0.39 is 21.9 Å². The van der Waals surface area contributed by atoms with Gasteiger partial charge in [-0.2, -0.15) is 0 Å². The Bertz CT molecular complexity index is 1010. The summed E-state index contributed by atoms with van der Waals surface area (Å²) in [6.45, 7) is 2.01. The number of amides is 1. The average molecular weight is 423 g/mol. The maximum atomic E-state index is 12.7. The summed E-state index contributed by atoms with van der Waals surface area (Å²) in [5.41, 5.74) is 2.00. The van der Waals surface area contributed by atoms with Crippen molar-refractivity contribution in [2.45, 2.75) is 32.6 Å². The molecule has 0 saturated carbocycles. The van der Waals surface area contributed by atoms with Crippen molar-refractivity contribution in [1.29, 1.82) is 0 Å². The van der Waals surface area contributed by atoms with Crippen LogP contribution in [0.3, 0.4) is 0 Å². The van der Waals surface area contributed by atoms with E-state index in [0.29, 0.717) is 16.3 Å². The van der Waals surface area contributed by atoms with E-state index in [1.807, 2.05) is 0 Å². The van der Waals surface area contributed by atoms with Crippen LogP contribution in [0.4, 0.5) is 10.7 Å². The Morgan fingerprint density at radius 1 is 1.21 bits per heavy atom. The number of ether oxygens (including phenoxy) is 1. The lowest BCUT2D eigenvalue weighted by molar-refractivity contribution is 0.0526. The second-order valence-electron chi connectivity index (χ2n) is 6.54. The fourth-order valence-corrected chi connectivity index (χ4v) is 5.01. The molecule has 0 atom stereocenters. The van der Waals surface area contributed by atoms with E-state index in [-0.39, 0.29) is 12.2 Å². The number of sulfonamides is 1. The van der Waals surface area contributed by atoms with Crippen LogP contribution in [0.1, 0.15) is 50.9 Å². The minimum absolute atomic E-state index is 0.260. The second kappa shape index (κ2) is 8.32. The summed E-state index contributed by atoms with van der Waals surface area (Å²) in [6.07, 6.45) is 4.78. The fourth-order valence-electron chi connectivity index (χ4n) is 3.19. The minimum atomic E-state index is -3.45. The van der Waals surface area contributed by atoms with Gasteiger partial charge in [-0.05, 0) is 56.4 Å². The predicted molar refractivity (Wildman–Crippen MR) is 110 cm³/mol. The van der Waals surface area contributed by atoms with E-state index in [1.54, 1.807) is 25.1 Å². The summed E-state index contributed by atoms with van der Waals surface area (Å²) in [5.74, 6) is -0.842. The normalized spacial score (nSPS) is 13.5. The summed E-state index contributed by atoms with van der Waals surface area (Å²) in [5, 5.41) is 3.30. The molecule has 2 aromatic rings. The summed E-state index contributed by atoms with van der Waals surface area (Å²) in [6, 6.07) is 6.19. The maximum absolute atomic E-state index is 12.7. The molecule has 1 aromatic heterocycles. The van der Waals surface area contributed by atoms with Gasteiger partial charge in [-0.25, -0.2) is 13.2 Å². The SMILES string of the molecule is CCOC(=O)c1c(NC(=O)c2cccc(NS(C)(=O)=O)c2)sc2c1CCCC2. The smallest absolute Gasteiger partial charge is 0.341 e. The summed E-state index contributed by atoms with van der Waals surface area (Å²) < 4.78 is 30.4. The highest BCUT2D eigenvalue weighted by molar-refractivity contribution is 7.92. The Labute approximate surface area is 168 Å². The lowest BCUT2D eigenvalue weighted by Gasteiger charge is -2.12. The molecular formula is C19H22N2O5S2. The van der Waals surface area contributed by atoms with Crippen LogP contribution in [0, 0.1) is 0 Å². The minimum Gasteiger partial charge on any atom is -0.462 e. The van der Waals surface area contributed by atoms with Gasteiger partial charge in [0.1, 0.15) is 5.00 Å². The first-order valence-electron chi connectivity index (χ1n) is 8.99. The maximum Gasteiger partial charge on any atom is 0.341 e. The third-order valence-corrected chi connectivity index (χ3v) is 6.12. The standard InChI is InChI=1S/C19H22N2O5S2/c1-3-26-19(23)16-14-9-4-5-10-15(14)27-18(16)20-17(22)12-7-6-8-13(11-12)21-28(2,24)25/h6-8,11,21H,3-5,9-10H2,1-2H3,(H,20,22). The van der Waals surface area contributed by atoms with Gasteiger partial charge >= 0.3 is 5.97 Å². The molecule has 1 aromatic carbocycles. The molecule has 150 valence electrons. The highest BCUT2D eigenvalue weighted by Crippen LogP contribution is 2.38. The van der Waals surface area contributed by atoms with Crippen molar-refractivity contribution in [3.8, 4) is 0 Å². The van der Waals surface area contributed by atoms with Gasteiger partial charge in [-0.15, -0.1) is 11.3 Å². The first-order chi connectivity index (χ1) is 13.3. The van der Waals surface area contributed by atoms with Crippen LogP contribution in [-0.4, -0.2) is 33.2 Å². The van der Waals surface area contributed by atoms with Crippen molar-refractivity contribution in [1.82, 2.24) is 0 Å². The second-order valence-corrected chi connectivity index (χ2v) is 9.40. The molecule has 1 aliphatic rings. The van der Waals surface area contributed by atoms with Gasteiger partial charge in [-0.3, -0.25) is 9.52 Å². The number of rotatable bonds is 6. The lowest BCUT2D eigenvalue weighted by atomic mass is 9.95. The molecule has 0 spiro atoms. The van der Waals surface area contributed by atoms with Gasteiger partial charge in [-0.1, -0.05) is 6.07 Å². The third kappa shape index (κ3) is 4.71. The van der Waals surface area contributed by atoms with E-state index in [4.69, 9.17) is 4.74 Å².